The summed E-state index contributed by atoms with van der Waals surface area (Å²) in [6.45, 7) is 0.456. The summed E-state index contributed by atoms with van der Waals surface area (Å²) < 4.78 is 74.6. The molecule has 0 aromatic carbocycles. The molecule has 0 spiro atoms. The molecule has 0 atom stereocenters. The predicted octanol–water partition coefficient (Wildman–Crippen LogP) is 3.42. The van der Waals surface area contributed by atoms with Crippen molar-refractivity contribution in [3.8, 4) is 0 Å². The Kier molecular flexibility index (Phi) is 1.93. The van der Waals surface area contributed by atoms with Crippen LogP contribution >= 0.6 is 11.6 Å². The molecule has 1 aliphatic carbocycles. The Bertz CT molecular complexity index is 253. The Hall–Kier alpha value is -0.390. The first-order valence-corrected chi connectivity index (χ1v) is 3.45. The van der Waals surface area contributed by atoms with Crippen molar-refractivity contribution in [3.63, 3.8) is 0 Å². The molecule has 76 valence electrons. The number of halogens is 7. The monoisotopic (exact) mass is 224 g/mol. The van der Waals surface area contributed by atoms with Gasteiger partial charge in [0.1, 0.15) is 0 Å². The minimum Gasteiger partial charge on any atom is -0.194 e. The van der Waals surface area contributed by atoms with E-state index in [9.17, 15) is 26.3 Å². The van der Waals surface area contributed by atoms with Crippen LogP contribution in [0.3, 0.4) is 0 Å². The minimum absolute atomic E-state index is 0.456. The van der Waals surface area contributed by atoms with Crippen molar-refractivity contribution in [3.05, 3.63) is 10.6 Å². The van der Waals surface area contributed by atoms with Gasteiger partial charge >= 0.3 is 17.8 Å². The van der Waals surface area contributed by atoms with Crippen LogP contribution in [0, 0.1) is 0 Å². The summed E-state index contributed by atoms with van der Waals surface area (Å²) in [7, 11) is 0. The van der Waals surface area contributed by atoms with Crippen LogP contribution in [0.2, 0.25) is 0 Å². The largest absolute Gasteiger partial charge is 0.381 e. The van der Waals surface area contributed by atoms with Gasteiger partial charge in [-0.3, -0.25) is 0 Å². The molecule has 13 heavy (non-hydrogen) atoms. The van der Waals surface area contributed by atoms with Crippen molar-refractivity contribution in [1.82, 2.24) is 0 Å². The maximum Gasteiger partial charge on any atom is 0.381 e. The number of hydrogen-bond donors (Lipinski definition) is 0. The Morgan fingerprint density at radius 2 is 1.31 bits per heavy atom. The molecule has 0 unspecified atom stereocenters. The fourth-order valence-corrected chi connectivity index (χ4v) is 1.18. The van der Waals surface area contributed by atoms with E-state index in [1.807, 2.05) is 0 Å². The second kappa shape index (κ2) is 2.34. The lowest BCUT2D eigenvalue weighted by molar-refractivity contribution is -0.263. The Morgan fingerprint density at radius 3 is 1.38 bits per heavy atom. The molecule has 0 aromatic heterocycles. The fourth-order valence-electron chi connectivity index (χ4n) is 0.944. The highest BCUT2D eigenvalue weighted by molar-refractivity contribution is 6.31. The molecule has 0 fully saturated rings. The van der Waals surface area contributed by atoms with E-state index in [0.29, 0.717) is 6.92 Å². The Morgan fingerprint density at radius 1 is 0.923 bits per heavy atom. The van der Waals surface area contributed by atoms with E-state index in [2.05, 4.69) is 0 Å². The van der Waals surface area contributed by atoms with Crippen molar-refractivity contribution >= 4 is 11.6 Å². The van der Waals surface area contributed by atoms with E-state index in [4.69, 9.17) is 11.6 Å². The van der Waals surface area contributed by atoms with Crippen LogP contribution in [0.4, 0.5) is 26.3 Å². The molecule has 0 aliphatic heterocycles. The fraction of sp³-hybridized carbons (Fsp3) is 0.667. The second-order valence-corrected chi connectivity index (χ2v) is 3.04. The Labute approximate surface area is 74.2 Å². The molecule has 0 amide bonds. The summed E-state index contributed by atoms with van der Waals surface area (Å²) in [6.07, 6.45) is 0. The third-order valence-corrected chi connectivity index (χ3v) is 2.39. The van der Waals surface area contributed by atoms with Crippen LogP contribution in [0.15, 0.2) is 10.6 Å². The quantitative estimate of drug-likeness (QED) is 0.553. The molecule has 0 saturated carbocycles. The summed E-state index contributed by atoms with van der Waals surface area (Å²) in [5.41, 5.74) is -1.48. The normalized spacial score (nSPS) is 29.5. The molecule has 0 bridgehead atoms. The van der Waals surface area contributed by atoms with Crippen molar-refractivity contribution in [1.29, 1.82) is 0 Å². The molecule has 0 nitrogen and oxygen atoms in total. The predicted molar refractivity (Wildman–Crippen MR) is 33.4 cm³/mol. The van der Waals surface area contributed by atoms with Gasteiger partial charge in [-0.15, -0.1) is 0 Å². The minimum atomic E-state index is -5.44. The maximum absolute atomic E-state index is 12.5. The van der Waals surface area contributed by atoms with Crippen LogP contribution in [0.1, 0.15) is 6.92 Å². The van der Waals surface area contributed by atoms with Gasteiger partial charge < -0.3 is 0 Å². The van der Waals surface area contributed by atoms with Crippen molar-refractivity contribution in [2.45, 2.75) is 24.7 Å². The van der Waals surface area contributed by atoms with Crippen LogP contribution in [0.25, 0.3) is 0 Å². The average molecular weight is 225 g/mol. The molecular formula is C6H3ClF6. The van der Waals surface area contributed by atoms with Crippen molar-refractivity contribution < 1.29 is 26.3 Å². The lowest BCUT2D eigenvalue weighted by Crippen LogP contribution is -2.48. The molecule has 7 heteroatoms. The summed E-state index contributed by atoms with van der Waals surface area (Å²) >= 11 is 4.69. The highest BCUT2D eigenvalue weighted by Gasteiger charge is 2.79. The van der Waals surface area contributed by atoms with E-state index < -0.39 is 28.4 Å². The summed E-state index contributed by atoms with van der Waals surface area (Å²) in [5, 5.41) is -1.78. The van der Waals surface area contributed by atoms with Crippen molar-refractivity contribution in [2.24, 2.45) is 0 Å². The number of hydrogen-bond acceptors (Lipinski definition) is 0. The van der Waals surface area contributed by atoms with E-state index in [1.165, 1.54) is 0 Å². The standard InChI is InChI=1S/C6H3ClF6/c1-2-3(7)5(10,11)6(12,13)4(2,8)9/h1H3. The van der Waals surface area contributed by atoms with Gasteiger partial charge in [0.15, 0.2) is 0 Å². The van der Waals surface area contributed by atoms with Gasteiger partial charge in [0, 0.05) is 5.57 Å². The highest BCUT2D eigenvalue weighted by atomic mass is 35.5. The van der Waals surface area contributed by atoms with Gasteiger partial charge in [-0.2, -0.15) is 26.3 Å². The lowest BCUT2D eigenvalue weighted by atomic mass is 10.1. The van der Waals surface area contributed by atoms with E-state index in [1.54, 1.807) is 0 Å². The van der Waals surface area contributed by atoms with Gasteiger partial charge in [-0.1, -0.05) is 11.6 Å². The third-order valence-electron chi connectivity index (χ3n) is 1.86. The molecule has 0 aromatic rings. The highest BCUT2D eigenvalue weighted by Crippen LogP contribution is 2.59. The van der Waals surface area contributed by atoms with Gasteiger partial charge in [0.05, 0.1) is 5.03 Å². The van der Waals surface area contributed by atoms with Crippen LogP contribution in [-0.2, 0) is 0 Å². The summed E-state index contributed by atoms with van der Waals surface area (Å²) in [4.78, 5) is 0. The van der Waals surface area contributed by atoms with Crippen LogP contribution < -0.4 is 0 Å². The molecule has 1 aliphatic rings. The van der Waals surface area contributed by atoms with Gasteiger partial charge in [0.2, 0.25) is 0 Å². The molecule has 1 rings (SSSR count). The number of rotatable bonds is 0. The molecule has 0 saturated heterocycles. The molecule has 0 N–H and O–H groups in total. The third kappa shape index (κ3) is 0.949. The maximum atomic E-state index is 12.5. The zero-order chi connectivity index (χ0) is 10.7. The topological polar surface area (TPSA) is 0 Å². The van der Waals surface area contributed by atoms with Crippen LogP contribution in [0.5, 0.6) is 0 Å². The Balaban J connectivity index is 3.39. The SMILES string of the molecule is CC1=C(Cl)C(F)(F)C(F)(F)C1(F)F. The van der Waals surface area contributed by atoms with E-state index in [-0.39, 0.29) is 0 Å². The number of allylic oxidation sites excluding steroid dienone is 2. The first kappa shape index (κ1) is 10.7. The van der Waals surface area contributed by atoms with Gasteiger partial charge in [-0.25, -0.2) is 0 Å². The van der Waals surface area contributed by atoms with E-state index >= 15 is 0 Å². The average Bonchev–Trinajstić information content (AvgIpc) is 2.05. The van der Waals surface area contributed by atoms with Crippen LogP contribution in [-0.4, -0.2) is 17.8 Å². The van der Waals surface area contributed by atoms with Crippen molar-refractivity contribution in [2.75, 3.05) is 0 Å². The van der Waals surface area contributed by atoms with E-state index in [0.717, 1.165) is 0 Å². The van der Waals surface area contributed by atoms with Gasteiger partial charge in [-0.05, 0) is 6.92 Å². The molecule has 0 radical (unpaired) electrons. The second-order valence-electron chi connectivity index (χ2n) is 2.66. The smallest absolute Gasteiger partial charge is 0.194 e. The summed E-state index contributed by atoms with van der Waals surface area (Å²) in [6, 6.07) is 0. The summed E-state index contributed by atoms with van der Waals surface area (Å²) in [5.74, 6) is -15.3. The van der Waals surface area contributed by atoms with Gasteiger partial charge in [0.25, 0.3) is 0 Å². The lowest BCUT2D eigenvalue weighted by Gasteiger charge is -2.24. The molecule has 0 heterocycles. The first-order valence-electron chi connectivity index (χ1n) is 3.07. The first-order chi connectivity index (χ1) is 5.57. The zero-order valence-corrected chi connectivity index (χ0v) is 6.90. The molecular weight excluding hydrogens is 222 g/mol. The number of alkyl halides is 6. The zero-order valence-electron chi connectivity index (χ0n) is 6.15.